The maximum Gasteiger partial charge on any atom is 0.0710 e. The van der Waals surface area contributed by atoms with Crippen LogP contribution in [0.3, 0.4) is 0 Å². The van der Waals surface area contributed by atoms with Crippen molar-refractivity contribution in [2.45, 2.75) is 52.4 Å². The maximum atomic E-state index is 3.94. The molecule has 0 saturated heterocycles. The Morgan fingerprint density at radius 3 is 1.30 bits per heavy atom. The van der Waals surface area contributed by atoms with Crippen molar-refractivity contribution in [1.82, 2.24) is 4.68 Å². The monoisotopic (exact) mass is 522 g/mol. The van der Waals surface area contributed by atoms with Crippen LogP contribution in [0, 0.1) is 0 Å². The van der Waals surface area contributed by atoms with E-state index in [0.29, 0.717) is 0 Å². The molecular weight excluding hydrogens is 484 g/mol. The summed E-state index contributed by atoms with van der Waals surface area (Å²) in [6.45, 7) is 13.7. The molecule has 200 valence electrons. The van der Waals surface area contributed by atoms with E-state index in [0.717, 1.165) is 5.69 Å². The number of hydrogen-bond acceptors (Lipinski definition) is 1. The highest BCUT2D eigenvalue weighted by molar-refractivity contribution is 6.09. The molecule has 2 nitrogen and oxygen atoms in total. The van der Waals surface area contributed by atoms with Gasteiger partial charge in [0.1, 0.15) is 0 Å². The molecule has 1 aromatic heterocycles. The number of aromatic nitrogens is 1. The molecule has 0 radical (unpaired) electrons. The molecule has 0 unspecified atom stereocenters. The number of benzene rings is 5. The van der Waals surface area contributed by atoms with Gasteiger partial charge in [0, 0.05) is 21.9 Å². The Labute approximate surface area is 238 Å². The number of para-hydroxylation sites is 1. The number of nitrogens with one attached hydrogen (secondary N) is 1. The molecule has 0 saturated carbocycles. The average Bonchev–Trinajstić information content (AvgIpc) is 3.25. The summed E-state index contributed by atoms with van der Waals surface area (Å²) in [5.74, 6) is 0. The Balaban J connectivity index is 1.64. The van der Waals surface area contributed by atoms with Gasteiger partial charge in [-0.05, 0) is 57.3 Å². The smallest absolute Gasteiger partial charge is 0.0710 e. The van der Waals surface area contributed by atoms with E-state index in [-0.39, 0.29) is 10.8 Å². The molecule has 6 rings (SSSR count). The van der Waals surface area contributed by atoms with Crippen molar-refractivity contribution in [3.8, 4) is 22.3 Å². The lowest BCUT2D eigenvalue weighted by molar-refractivity contribution is 0.590. The van der Waals surface area contributed by atoms with Gasteiger partial charge in [0.15, 0.2) is 0 Å². The van der Waals surface area contributed by atoms with Crippen LogP contribution >= 0.6 is 0 Å². The SMILES string of the molecule is CC(C)(C)c1ccc2c(c1)c1cc(C(C)(C)C)ccc1n2Nc1c(-c2ccccc2)cccc1-c1ccccc1. The van der Waals surface area contributed by atoms with Crippen molar-refractivity contribution in [1.29, 1.82) is 0 Å². The lowest BCUT2D eigenvalue weighted by Gasteiger charge is -2.21. The van der Waals surface area contributed by atoms with E-state index in [1.165, 1.54) is 55.2 Å². The zero-order valence-electron chi connectivity index (χ0n) is 24.4. The molecule has 0 aliphatic rings. The Kier molecular flexibility index (Phi) is 6.30. The maximum absolute atomic E-state index is 3.94. The first-order valence-electron chi connectivity index (χ1n) is 14.2. The van der Waals surface area contributed by atoms with Crippen LogP contribution < -0.4 is 5.43 Å². The number of rotatable bonds is 4. The Morgan fingerprint density at radius 1 is 0.475 bits per heavy atom. The molecule has 0 fully saturated rings. The molecule has 0 bridgehead atoms. The topological polar surface area (TPSA) is 17.0 Å². The Bertz CT molecular complexity index is 1680. The average molecular weight is 523 g/mol. The Hall–Kier alpha value is -4.30. The van der Waals surface area contributed by atoms with Crippen molar-refractivity contribution < 1.29 is 0 Å². The number of fused-ring (bicyclic) bond motifs is 3. The second kappa shape index (κ2) is 9.71. The van der Waals surface area contributed by atoms with Crippen molar-refractivity contribution in [2.75, 3.05) is 5.43 Å². The summed E-state index contributed by atoms with van der Waals surface area (Å²) in [6, 6.07) is 41.8. The highest BCUT2D eigenvalue weighted by Gasteiger charge is 2.21. The van der Waals surface area contributed by atoms with E-state index in [1.54, 1.807) is 0 Å². The molecule has 1 heterocycles. The second-order valence-electron chi connectivity index (χ2n) is 12.9. The fraction of sp³-hybridized carbons (Fsp3) is 0.211. The molecule has 5 aromatic carbocycles. The van der Waals surface area contributed by atoms with Gasteiger partial charge in [-0.1, -0.05) is 133 Å². The molecule has 0 atom stereocenters. The van der Waals surface area contributed by atoms with Gasteiger partial charge < -0.3 is 0 Å². The first kappa shape index (κ1) is 26.0. The van der Waals surface area contributed by atoms with Gasteiger partial charge in [0.05, 0.1) is 16.7 Å². The van der Waals surface area contributed by atoms with E-state index in [2.05, 4.69) is 167 Å². The first-order valence-corrected chi connectivity index (χ1v) is 14.2. The highest BCUT2D eigenvalue weighted by atomic mass is 15.4. The number of hydrogen-bond donors (Lipinski definition) is 1. The standard InChI is InChI=1S/C38H38N2/c1-37(2,3)28-20-22-34-32(24-28)33-25-29(38(4,5)6)21-23-35(33)40(34)39-36-30(26-14-9-7-10-15-26)18-13-19-31(36)27-16-11-8-12-17-27/h7-25,39H,1-6H3. The number of nitrogens with zero attached hydrogens (tertiary/aromatic N) is 1. The van der Waals surface area contributed by atoms with Crippen LogP contribution in [0.5, 0.6) is 0 Å². The molecule has 0 spiro atoms. The minimum absolute atomic E-state index is 0.0675. The van der Waals surface area contributed by atoms with Crippen LogP contribution in [0.1, 0.15) is 52.7 Å². The van der Waals surface area contributed by atoms with Crippen LogP contribution in [-0.2, 0) is 10.8 Å². The molecule has 2 heteroatoms. The van der Waals surface area contributed by atoms with Gasteiger partial charge in [0.25, 0.3) is 0 Å². The fourth-order valence-electron chi connectivity index (χ4n) is 5.58. The third kappa shape index (κ3) is 4.69. The van der Waals surface area contributed by atoms with Crippen molar-refractivity contribution >= 4 is 27.5 Å². The zero-order valence-corrected chi connectivity index (χ0v) is 24.4. The second-order valence-corrected chi connectivity index (χ2v) is 12.9. The molecular formula is C38H38N2. The van der Waals surface area contributed by atoms with Crippen LogP contribution in [0.15, 0.2) is 115 Å². The summed E-state index contributed by atoms with van der Waals surface area (Å²) in [6.07, 6.45) is 0. The van der Waals surface area contributed by atoms with Gasteiger partial charge in [-0.15, -0.1) is 0 Å². The lowest BCUT2D eigenvalue weighted by atomic mass is 9.85. The highest BCUT2D eigenvalue weighted by Crippen LogP contribution is 2.40. The van der Waals surface area contributed by atoms with Gasteiger partial charge in [0.2, 0.25) is 0 Å². The normalized spacial score (nSPS) is 12.2. The minimum Gasteiger partial charge on any atom is -0.293 e. The van der Waals surface area contributed by atoms with Crippen LogP contribution in [0.2, 0.25) is 0 Å². The molecule has 0 aliphatic carbocycles. The van der Waals surface area contributed by atoms with E-state index < -0.39 is 0 Å². The summed E-state index contributed by atoms with van der Waals surface area (Å²) in [4.78, 5) is 0. The molecule has 0 aliphatic heterocycles. The van der Waals surface area contributed by atoms with Crippen LogP contribution in [0.25, 0.3) is 44.1 Å². The first-order chi connectivity index (χ1) is 19.1. The van der Waals surface area contributed by atoms with Crippen molar-refractivity contribution in [3.63, 3.8) is 0 Å². The van der Waals surface area contributed by atoms with Crippen molar-refractivity contribution in [3.05, 3.63) is 126 Å². The quantitative estimate of drug-likeness (QED) is 0.244. The zero-order chi connectivity index (χ0) is 28.1. The summed E-state index contributed by atoms with van der Waals surface area (Å²) in [5.41, 5.74) is 14.9. The van der Waals surface area contributed by atoms with Gasteiger partial charge in [-0.25, -0.2) is 0 Å². The van der Waals surface area contributed by atoms with E-state index in [9.17, 15) is 0 Å². The van der Waals surface area contributed by atoms with Crippen molar-refractivity contribution in [2.24, 2.45) is 0 Å². The van der Waals surface area contributed by atoms with Crippen LogP contribution in [-0.4, -0.2) is 4.68 Å². The van der Waals surface area contributed by atoms with E-state index >= 15 is 0 Å². The number of anilines is 1. The molecule has 1 N–H and O–H groups in total. The fourth-order valence-corrected chi connectivity index (χ4v) is 5.58. The predicted molar refractivity (Wildman–Crippen MR) is 173 cm³/mol. The third-order valence-electron chi connectivity index (χ3n) is 7.95. The summed E-state index contributed by atoms with van der Waals surface area (Å²) in [5, 5.41) is 2.55. The van der Waals surface area contributed by atoms with Crippen LogP contribution in [0.4, 0.5) is 5.69 Å². The van der Waals surface area contributed by atoms with E-state index in [4.69, 9.17) is 0 Å². The van der Waals surface area contributed by atoms with Gasteiger partial charge >= 0.3 is 0 Å². The summed E-state index contributed by atoms with van der Waals surface area (Å²) < 4.78 is 2.29. The van der Waals surface area contributed by atoms with Gasteiger partial charge in [-0.2, -0.15) is 0 Å². The summed E-state index contributed by atoms with van der Waals surface area (Å²) in [7, 11) is 0. The molecule has 0 amide bonds. The summed E-state index contributed by atoms with van der Waals surface area (Å²) >= 11 is 0. The third-order valence-corrected chi connectivity index (χ3v) is 7.95. The Morgan fingerprint density at radius 2 is 0.900 bits per heavy atom. The minimum atomic E-state index is 0.0675. The predicted octanol–water partition coefficient (Wildman–Crippen LogP) is 10.6. The van der Waals surface area contributed by atoms with E-state index in [1.807, 2.05) is 0 Å². The lowest BCUT2D eigenvalue weighted by Crippen LogP contribution is -2.13. The molecule has 40 heavy (non-hydrogen) atoms. The van der Waals surface area contributed by atoms with Gasteiger partial charge in [-0.3, -0.25) is 10.1 Å². The largest absolute Gasteiger partial charge is 0.293 e. The molecule has 6 aromatic rings.